The molecule has 0 fully saturated rings. The summed E-state index contributed by atoms with van der Waals surface area (Å²) < 4.78 is 7.46. The molecule has 0 radical (unpaired) electrons. The average molecular weight is 304 g/mol. The van der Waals surface area contributed by atoms with E-state index in [4.69, 9.17) is 4.74 Å². The van der Waals surface area contributed by atoms with Crippen LogP contribution in [0, 0.1) is 0 Å². The Bertz CT molecular complexity index is 607. The maximum atomic E-state index is 5.50. The largest absolute Gasteiger partial charge is 0.379 e. The average Bonchev–Trinajstić information content (AvgIpc) is 2.93. The Labute approximate surface area is 130 Å². The molecule has 0 amide bonds. The Morgan fingerprint density at radius 2 is 2.18 bits per heavy atom. The van der Waals surface area contributed by atoms with Crippen LogP contribution in [-0.2, 0) is 11.3 Å². The fraction of sp³-hybridized carbons (Fsp3) is 0.533. The zero-order chi connectivity index (χ0) is 15.8. The molecule has 22 heavy (non-hydrogen) atoms. The third kappa shape index (κ3) is 4.70. The molecule has 0 bridgehead atoms. The van der Waals surface area contributed by atoms with Gasteiger partial charge in [0, 0.05) is 26.4 Å². The lowest BCUT2D eigenvalue weighted by molar-refractivity contribution is 0.0776. The summed E-state index contributed by atoms with van der Waals surface area (Å²) in [6, 6.07) is 5.83. The van der Waals surface area contributed by atoms with Gasteiger partial charge in [-0.2, -0.15) is 0 Å². The van der Waals surface area contributed by atoms with Gasteiger partial charge in [-0.05, 0) is 32.4 Å². The van der Waals surface area contributed by atoms with Gasteiger partial charge >= 0.3 is 0 Å². The van der Waals surface area contributed by atoms with Crippen molar-refractivity contribution >= 4 is 11.6 Å². The van der Waals surface area contributed by atoms with Gasteiger partial charge < -0.3 is 15.4 Å². The molecule has 2 N–H and O–H groups in total. The van der Waals surface area contributed by atoms with E-state index in [9.17, 15) is 0 Å². The van der Waals surface area contributed by atoms with Crippen LogP contribution in [-0.4, -0.2) is 46.9 Å². The molecule has 7 nitrogen and oxygen atoms in total. The predicted octanol–water partition coefficient (Wildman–Crippen LogP) is 1.21. The minimum absolute atomic E-state index is 0.277. The van der Waals surface area contributed by atoms with Crippen LogP contribution in [0.15, 0.2) is 29.4 Å². The molecular weight excluding hydrogens is 280 g/mol. The molecule has 0 aliphatic heterocycles. The second kappa shape index (κ2) is 8.33. The van der Waals surface area contributed by atoms with E-state index in [1.807, 2.05) is 42.6 Å². The normalized spacial score (nSPS) is 12.1. The monoisotopic (exact) mass is 304 g/mol. The summed E-state index contributed by atoms with van der Waals surface area (Å²) in [5.74, 6) is 1.60. The van der Waals surface area contributed by atoms with E-state index in [1.165, 1.54) is 0 Å². The highest BCUT2D eigenvalue weighted by Gasteiger charge is 2.05. The topological polar surface area (TPSA) is 75.8 Å². The lowest BCUT2D eigenvalue weighted by Crippen LogP contribution is -2.38. The zero-order valence-corrected chi connectivity index (χ0v) is 13.4. The number of nitrogens with one attached hydrogen (secondary N) is 2. The molecule has 2 heterocycles. The van der Waals surface area contributed by atoms with Crippen LogP contribution in [0.1, 0.15) is 26.1 Å². The first-order valence-corrected chi connectivity index (χ1v) is 7.55. The minimum Gasteiger partial charge on any atom is -0.379 e. The van der Waals surface area contributed by atoms with E-state index in [0.717, 1.165) is 37.0 Å². The SMILES string of the molecule is CN=C(NCCCOC(C)C)NCc1nnc2ccccn12. The molecular formula is C15H24N6O. The van der Waals surface area contributed by atoms with E-state index >= 15 is 0 Å². The Balaban J connectivity index is 1.77. The molecule has 0 spiro atoms. The molecule has 0 atom stereocenters. The molecule has 0 aliphatic carbocycles. The summed E-state index contributed by atoms with van der Waals surface area (Å²) in [5, 5.41) is 14.8. The van der Waals surface area contributed by atoms with Crippen molar-refractivity contribution in [2.24, 2.45) is 4.99 Å². The van der Waals surface area contributed by atoms with E-state index in [2.05, 4.69) is 25.8 Å². The van der Waals surface area contributed by atoms with Crippen molar-refractivity contribution in [2.45, 2.75) is 32.9 Å². The van der Waals surface area contributed by atoms with Crippen molar-refractivity contribution in [2.75, 3.05) is 20.2 Å². The van der Waals surface area contributed by atoms with Crippen LogP contribution in [0.4, 0.5) is 0 Å². The Hall–Kier alpha value is -2.15. The second-order valence-corrected chi connectivity index (χ2v) is 5.17. The van der Waals surface area contributed by atoms with Gasteiger partial charge in [-0.15, -0.1) is 10.2 Å². The van der Waals surface area contributed by atoms with Gasteiger partial charge in [0.05, 0.1) is 12.6 Å². The maximum Gasteiger partial charge on any atom is 0.191 e. The van der Waals surface area contributed by atoms with Crippen LogP contribution in [0.25, 0.3) is 5.65 Å². The maximum absolute atomic E-state index is 5.50. The minimum atomic E-state index is 0.277. The molecule has 2 rings (SSSR count). The molecule has 2 aromatic rings. The van der Waals surface area contributed by atoms with Crippen molar-refractivity contribution in [1.29, 1.82) is 0 Å². The van der Waals surface area contributed by atoms with Crippen LogP contribution in [0.5, 0.6) is 0 Å². The van der Waals surface area contributed by atoms with Crippen molar-refractivity contribution in [3.63, 3.8) is 0 Å². The zero-order valence-electron chi connectivity index (χ0n) is 13.4. The van der Waals surface area contributed by atoms with Gasteiger partial charge in [-0.1, -0.05) is 6.07 Å². The number of guanidine groups is 1. The number of nitrogens with zero attached hydrogens (tertiary/aromatic N) is 4. The molecule has 0 saturated carbocycles. The lowest BCUT2D eigenvalue weighted by Gasteiger charge is -2.12. The van der Waals surface area contributed by atoms with Gasteiger partial charge in [0.1, 0.15) is 0 Å². The number of hydrogen-bond acceptors (Lipinski definition) is 4. The summed E-state index contributed by atoms with van der Waals surface area (Å²) in [4.78, 5) is 4.20. The smallest absolute Gasteiger partial charge is 0.191 e. The highest BCUT2D eigenvalue weighted by atomic mass is 16.5. The first-order chi connectivity index (χ1) is 10.7. The number of aliphatic imine (C=N–C) groups is 1. The predicted molar refractivity (Wildman–Crippen MR) is 86.9 cm³/mol. The van der Waals surface area contributed by atoms with Crippen molar-refractivity contribution in [3.05, 3.63) is 30.2 Å². The first-order valence-electron chi connectivity index (χ1n) is 7.55. The van der Waals surface area contributed by atoms with Gasteiger partial charge in [-0.3, -0.25) is 9.39 Å². The van der Waals surface area contributed by atoms with Crippen LogP contribution < -0.4 is 10.6 Å². The fourth-order valence-corrected chi connectivity index (χ4v) is 1.99. The Kier molecular flexibility index (Phi) is 6.14. The fourth-order valence-electron chi connectivity index (χ4n) is 1.99. The quantitative estimate of drug-likeness (QED) is 0.457. The van der Waals surface area contributed by atoms with Gasteiger partial charge in [0.2, 0.25) is 0 Å². The Morgan fingerprint density at radius 1 is 1.32 bits per heavy atom. The van der Waals surface area contributed by atoms with Gasteiger partial charge in [-0.25, -0.2) is 0 Å². The van der Waals surface area contributed by atoms with E-state index in [-0.39, 0.29) is 6.10 Å². The van der Waals surface area contributed by atoms with Crippen molar-refractivity contribution < 1.29 is 4.74 Å². The number of hydrogen-bond donors (Lipinski definition) is 2. The number of aromatic nitrogens is 3. The highest BCUT2D eigenvalue weighted by Crippen LogP contribution is 2.02. The summed E-state index contributed by atoms with van der Waals surface area (Å²) in [7, 11) is 1.75. The number of ether oxygens (including phenoxy) is 1. The lowest BCUT2D eigenvalue weighted by atomic mass is 10.4. The van der Waals surface area contributed by atoms with Crippen molar-refractivity contribution in [3.8, 4) is 0 Å². The van der Waals surface area contributed by atoms with Crippen LogP contribution >= 0.6 is 0 Å². The van der Waals surface area contributed by atoms with Gasteiger partial charge in [0.25, 0.3) is 0 Å². The first kappa shape index (κ1) is 16.2. The van der Waals surface area contributed by atoms with Crippen LogP contribution in [0.2, 0.25) is 0 Å². The van der Waals surface area contributed by atoms with E-state index in [0.29, 0.717) is 6.54 Å². The molecule has 0 saturated heterocycles. The third-order valence-electron chi connectivity index (χ3n) is 3.09. The molecule has 120 valence electrons. The second-order valence-electron chi connectivity index (χ2n) is 5.17. The van der Waals surface area contributed by atoms with E-state index in [1.54, 1.807) is 7.05 Å². The summed E-state index contributed by atoms with van der Waals surface area (Å²) in [6.07, 6.45) is 3.16. The third-order valence-corrected chi connectivity index (χ3v) is 3.09. The summed E-state index contributed by atoms with van der Waals surface area (Å²) >= 11 is 0. The molecule has 7 heteroatoms. The number of pyridine rings is 1. The number of fused-ring (bicyclic) bond motifs is 1. The summed E-state index contributed by atoms with van der Waals surface area (Å²) in [5.41, 5.74) is 0.841. The molecule has 0 aromatic carbocycles. The van der Waals surface area contributed by atoms with Crippen LogP contribution in [0.3, 0.4) is 0 Å². The molecule has 2 aromatic heterocycles. The number of rotatable bonds is 7. The summed E-state index contributed by atoms with van der Waals surface area (Å²) in [6.45, 7) is 6.20. The Morgan fingerprint density at radius 3 is 2.95 bits per heavy atom. The van der Waals surface area contributed by atoms with Gasteiger partial charge in [0.15, 0.2) is 17.4 Å². The molecule has 0 aliphatic rings. The highest BCUT2D eigenvalue weighted by molar-refractivity contribution is 5.79. The van der Waals surface area contributed by atoms with Crippen molar-refractivity contribution in [1.82, 2.24) is 25.2 Å². The standard InChI is InChI=1S/C15H24N6O/c1-12(2)22-10-6-8-17-15(16-3)18-11-14-20-19-13-7-4-5-9-21(13)14/h4-5,7,9,12H,6,8,10-11H2,1-3H3,(H2,16,17,18). The molecule has 0 unspecified atom stereocenters. The van der Waals surface area contributed by atoms with E-state index < -0.39 is 0 Å².